The Balaban J connectivity index is 1.97. The average molecular weight is 199 g/mol. The van der Waals surface area contributed by atoms with Crippen molar-refractivity contribution in [1.82, 2.24) is 4.90 Å². The Kier molecular flexibility index (Phi) is 3.42. The lowest BCUT2D eigenvalue weighted by Gasteiger charge is -2.22. The van der Waals surface area contributed by atoms with E-state index >= 15 is 0 Å². The van der Waals surface area contributed by atoms with Gasteiger partial charge in [0.1, 0.15) is 0 Å². The molecule has 0 spiro atoms. The Morgan fingerprint density at radius 2 is 2.13 bits per heavy atom. The van der Waals surface area contributed by atoms with Crippen LogP contribution in [0.15, 0.2) is 30.3 Å². The summed E-state index contributed by atoms with van der Waals surface area (Å²) in [6, 6.07) is 11.2. The highest BCUT2D eigenvalue weighted by atomic mass is 15.2. The van der Waals surface area contributed by atoms with Crippen LogP contribution in [0.5, 0.6) is 0 Å². The van der Waals surface area contributed by atoms with Crippen molar-refractivity contribution in [2.75, 3.05) is 6.54 Å². The topological polar surface area (TPSA) is 3.24 Å². The molecule has 1 aliphatic rings. The molecular formula is C14H17N. The minimum Gasteiger partial charge on any atom is -0.295 e. The number of hydrogen-bond donors (Lipinski definition) is 0. The van der Waals surface area contributed by atoms with E-state index in [-0.39, 0.29) is 0 Å². The predicted molar refractivity (Wildman–Crippen MR) is 63.3 cm³/mol. The fourth-order valence-corrected chi connectivity index (χ4v) is 2.29. The zero-order valence-electron chi connectivity index (χ0n) is 9.02. The van der Waals surface area contributed by atoms with Gasteiger partial charge in [-0.1, -0.05) is 30.3 Å². The molecule has 0 bridgehead atoms. The van der Waals surface area contributed by atoms with Crippen molar-refractivity contribution in [2.24, 2.45) is 0 Å². The fourth-order valence-electron chi connectivity index (χ4n) is 2.29. The summed E-state index contributed by atoms with van der Waals surface area (Å²) < 4.78 is 0. The van der Waals surface area contributed by atoms with Crippen molar-refractivity contribution in [3.05, 3.63) is 35.9 Å². The van der Waals surface area contributed by atoms with E-state index in [1.807, 2.05) is 0 Å². The molecule has 1 atom stereocenters. The lowest BCUT2D eigenvalue weighted by atomic mass is 10.1. The van der Waals surface area contributed by atoms with Crippen LogP contribution in [0.25, 0.3) is 0 Å². The minimum atomic E-state index is 0.607. The van der Waals surface area contributed by atoms with Crippen LogP contribution in [0.2, 0.25) is 0 Å². The van der Waals surface area contributed by atoms with Crippen molar-refractivity contribution >= 4 is 0 Å². The van der Waals surface area contributed by atoms with E-state index in [0.717, 1.165) is 13.0 Å². The smallest absolute Gasteiger partial charge is 0.0243 e. The molecule has 15 heavy (non-hydrogen) atoms. The summed E-state index contributed by atoms with van der Waals surface area (Å²) in [7, 11) is 0. The Hall–Kier alpha value is -1.26. The standard InChI is InChI=1S/C14H17N/c1-2-7-14-10-6-11-15(14)12-13-8-4-3-5-9-13/h1,3-5,8-9,14H,6-7,10-12H2. The Bertz CT molecular complexity index is 336. The monoisotopic (exact) mass is 199 g/mol. The van der Waals surface area contributed by atoms with E-state index in [4.69, 9.17) is 6.42 Å². The highest BCUT2D eigenvalue weighted by molar-refractivity contribution is 5.15. The summed E-state index contributed by atoms with van der Waals surface area (Å²) in [5.41, 5.74) is 1.39. The van der Waals surface area contributed by atoms with Crippen LogP contribution in [0.4, 0.5) is 0 Å². The number of rotatable bonds is 3. The Morgan fingerprint density at radius 3 is 2.87 bits per heavy atom. The van der Waals surface area contributed by atoms with Crippen molar-refractivity contribution in [2.45, 2.75) is 31.8 Å². The highest BCUT2D eigenvalue weighted by Crippen LogP contribution is 2.21. The Labute approximate surface area is 92.1 Å². The van der Waals surface area contributed by atoms with E-state index in [0.29, 0.717) is 6.04 Å². The minimum absolute atomic E-state index is 0.607. The number of likely N-dealkylation sites (tertiary alicyclic amines) is 1. The Morgan fingerprint density at radius 1 is 1.33 bits per heavy atom. The number of terminal acetylenes is 1. The van der Waals surface area contributed by atoms with Crippen LogP contribution in [0, 0.1) is 12.3 Å². The number of hydrogen-bond acceptors (Lipinski definition) is 1. The van der Waals surface area contributed by atoms with Gasteiger partial charge < -0.3 is 0 Å². The summed E-state index contributed by atoms with van der Waals surface area (Å²) in [5, 5.41) is 0. The zero-order valence-corrected chi connectivity index (χ0v) is 9.02. The zero-order chi connectivity index (χ0) is 10.5. The molecule has 0 aromatic heterocycles. The maximum Gasteiger partial charge on any atom is 0.0243 e. The third-order valence-electron chi connectivity index (χ3n) is 3.08. The number of nitrogens with zero attached hydrogens (tertiary/aromatic N) is 1. The first-order valence-electron chi connectivity index (χ1n) is 5.61. The molecule has 1 heteroatoms. The first kappa shape index (κ1) is 10.3. The maximum absolute atomic E-state index is 5.39. The molecule has 1 aromatic rings. The van der Waals surface area contributed by atoms with Gasteiger partial charge in [-0.3, -0.25) is 4.90 Å². The van der Waals surface area contributed by atoms with Gasteiger partial charge in [-0.25, -0.2) is 0 Å². The summed E-state index contributed by atoms with van der Waals surface area (Å²) in [5.74, 6) is 2.78. The molecule has 78 valence electrons. The molecule has 1 nitrogen and oxygen atoms in total. The van der Waals surface area contributed by atoms with E-state index in [1.165, 1.54) is 24.9 Å². The number of benzene rings is 1. The summed E-state index contributed by atoms with van der Waals surface area (Å²) in [4.78, 5) is 2.51. The van der Waals surface area contributed by atoms with Gasteiger partial charge in [-0.2, -0.15) is 0 Å². The molecule has 1 fully saturated rings. The molecule has 0 N–H and O–H groups in total. The SMILES string of the molecule is C#CCC1CCCN1Cc1ccccc1. The van der Waals surface area contributed by atoms with Gasteiger partial charge in [-0.05, 0) is 24.9 Å². The molecule has 0 saturated carbocycles. The van der Waals surface area contributed by atoms with Gasteiger partial charge in [-0.15, -0.1) is 12.3 Å². The van der Waals surface area contributed by atoms with E-state index < -0.39 is 0 Å². The van der Waals surface area contributed by atoms with Crippen molar-refractivity contribution in [1.29, 1.82) is 0 Å². The lowest BCUT2D eigenvalue weighted by molar-refractivity contribution is 0.248. The quantitative estimate of drug-likeness (QED) is 0.676. The molecule has 1 aliphatic heterocycles. The molecule has 1 aromatic carbocycles. The van der Waals surface area contributed by atoms with Gasteiger partial charge >= 0.3 is 0 Å². The van der Waals surface area contributed by atoms with Crippen LogP contribution in [-0.4, -0.2) is 17.5 Å². The molecular weight excluding hydrogens is 182 g/mol. The van der Waals surface area contributed by atoms with Crippen LogP contribution < -0.4 is 0 Å². The normalized spacial score (nSPS) is 21.4. The third kappa shape index (κ3) is 2.61. The van der Waals surface area contributed by atoms with Crippen molar-refractivity contribution < 1.29 is 0 Å². The molecule has 2 rings (SSSR count). The van der Waals surface area contributed by atoms with Gasteiger partial charge in [0.25, 0.3) is 0 Å². The van der Waals surface area contributed by atoms with Crippen molar-refractivity contribution in [3.63, 3.8) is 0 Å². The second kappa shape index (κ2) is 5.00. The molecule has 0 aliphatic carbocycles. The van der Waals surface area contributed by atoms with Gasteiger partial charge in [0.2, 0.25) is 0 Å². The van der Waals surface area contributed by atoms with Crippen molar-refractivity contribution in [3.8, 4) is 12.3 Å². The largest absolute Gasteiger partial charge is 0.295 e. The first-order chi connectivity index (χ1) is 7.40. The van der Waals surface area contributed by atoms with Crippen LogP contribution in [0.3, 0.4) is 0 Å². The van der Waals surface area contributed by atoms with Crippen LogP contribution >= 0.6 is 0 Å². The van der Waals surface area contributed by atoms with Crippen LogP contribution in [-0.2, 0) is 6.54 Å². The summed E-state index contributed by atoms with van der Waals surface area (Å²) in [6.45, 7) is 2.24. The maximum atomic E-state index is 5.39. The van der Waals surface area contributed by atoms with Gasteiger partial charge in [0, 0.05) is 19.0 Å². The summed E-state index contributed by atoms with van der Waals surface area (Å²) in [6.07, 6.45) is 8.83. The second-order valence-corrected chi connectivity index (χ2v) is 4.16. The molecule has 1 saturated heterocycles. The molecule has 0 amide bonds. The predicted octanol–water partition coefficient (Wildman–Crippen LogP) is 2.67. The highest BCUT2D eigenvalue weighted by Gasteiger charge is 2.23. The van der Waals surface area contributed by atoms with Crippen LogP contribution in [0.1, 0.15) is 24.8 Å². The lowest BCUT2D eigenvalue weighted by Crippen LogP contribution is -2.28. The second-order valence-electron chi connectivity index (χ2n) is 4.16. The fraction of sp³-hybridized carbons (Fsp3) is 0.429. The van der Waals surface area contributed by atoms with E-state index in [2.05, 4.69) is 41.2 Å². The van der Waals surface area contributed by atoms with Gasteiger partial charge in [0.05, 0.1) is 0 Å². The van der Waals surface area contributed by atoms with E-state index in [9.17, 15) is 0 Å². The molecule has 0 radical (unpaired) electrons. The first-order valence-corrected chi connectivity index (χ1v) is 5.61. The average Bonchev–Trinajstić information content (AvgIpc) is 2.68. The summed E-state index contributed by atoms with van der Waals surface area (Å²) >= 11 is 0. The third-order valence-corrected chi connectivity index (χ3v) is 3.08. The van der Waals surface area contributed by atoms with E-state index in [1.54, 1.807) is 0 Å². The van der Waals surface area contributed by atoms with Gasteiger partial charge in [0.15, 0.2) is 0 Å². The molecule has 1 unspecified atom stereocenters. The molecule has 1 heterocycles.